The van der Waals surface area contributed by atoms with E-state index >= 15 is 0 Å². The fraction of sp³-hybridized carbons (Fsp3) is 0.360. The highest BCUT2D eigenvalue weighted by Crippen LogP contribution is 2.33. The summed E-state index contributed by atoms with van der Waals surface area (Å²) in [6, 6.07) is 10.0. The summed E-state index contributed by atoms with van der Waals surface area (Å²) >= 11 is 0. The lowest BCUT2D eigenvalue weighted by Crippen LogP contribution is -2.42. The Bertz CT molecular complexity index is 1500. The van der Waals surface area contributed by atoms with Gasteiger partial charge in [0.15, 0.2) is 11.6 Å². The molecule has 0 unspecified atom stereocenters. The summed E-state index contributed by atoms with van der Waals surface area (Å²) in [7, 11) is -4.51. The first-order valence-corrected chi connectivity index (χ1v) is 13.6. The van der Waals surface area contributed by atoms with Crippen molar-refractivity contribution in [2.75, 3.05) is 38.7 Å². The molecule has 3 aromatic rings. The van der Waals surface area contributed by atoms with Gasteiger partial charge in [-0.05, 0) is 36.8 Å². The molecular weight excluding hydrogens is 577 g/mol. The number of likely N-dealkylation sites (tertiary alicyclic amines) is 1. The van der Waals surface area contributed by atoms with E-state index in [2.05, 4.69) is 19.9 Å². The molecule has 2 atom stereocenters. The zero-order valence-corrected chi connectivity index (χ0v) is 22.6. The molecule has 1 aliphatic heterocycles. The monoisotopic (exact) mass is 603 g/mol. The number of para-hydroxylation sites is 1. The highest BCUT2D eigenvalue weighted by molar-refractivity contribution is 7.87. The van der Waals surface area contributed by atoms with Crippen molar-refractivity contribution < 1.29 is 44.1 Å². The molecule has 1 aliphatic rings. The number of halogens is 5. The third-order valence-electron chi connectivity index (χ3n) is 6.48. The molecule has 2 heterocycles. The van der Waals surface area contributed by atoms with Gasteiger partial charge >= 0.3 is 21.7 Å². The van der Waals surface area contributed by atoms with Gasteiger partial charge in [0.05, 0.1) is 23.9 Å². The molecule has 4 rings (SSSR count). The average molecular weight is 604 g/mol. The number of alkyl halides is 3. The van der Waals surface area contributed by atoms with Crippen LogP contribution in [0.2, 0.25) is 0 Å². The van der Waals surface area contributed by atoms with Crippen molar-refractivity contribution >= 4 is 22.0 Å². The Balaban J connectivity index is 1.62. The summed E-state index contributed by atoms with van der Waals surface area (Å²) < 4.78 is 100. The fourth-order valence-corrected chi connectivity index (χ4v) is 4.90. The van der Waals surface area contributed by atoms with E-state index in [0.717, 1.165) is 16.8 Å². The molecule has 0 radical (unpaired) electrons. The first kappa shape index (κ1) is 30.2. The Labute approximate surface area is 232 Å². The zero-order valence-electron chi connectivity index (χ0n) is 21.8. The maximum atomic E-state index is 14.0. The molecule has 1 aromatic heterocycles. The SMILES string of the molecule is COCCN1C[C@@H](NC(=O)Nc2c(C)c(OS(=O)(=O)C(F)(F)F)nn2-c2ccccc2)[C@H](c2ccc(F)c(F)c2)C1. The summed E-state index contributed by atoms with van der Waals surface area (Å²) in [5.74, 6) is -3.53. The summed E-state index contributed by atoms with van der Waals surface area (Å²) in [6.45, 7) is 2.85. The van der Waals surface area contributed by atoms with Crippen LogP contribution < -0.4 is 14.8 Å². The number of ether oxygens (including phenoxy) is 1. The van der Waals surface area contributed by atoms with E-state index in [1.165, 1.54) is 32.2 Å². The molecule has 10 nitrogen and oxygen atoms in total. The topological polar surface area (TPSA) is 115 Å². The van der Waals surface area contributed by atoms with Crippen molar-refractivity contribution in [1.29, 1.82) is 0 Å². The number of hydrogen-bond donors (Lipinski definition) is 2. The maximum Gasteiger partial charge on any atom is 0.534 e. The molecule has 1 saturated heterocycles. The maximum absolute atomic E-state index is 14.0. The number of methoxy groups -OCH3 is 1. The van der Waals surface area contributed by atoms with E-state index in [-0.39, 0.29) is 17.1 Å². The van der Waals surface area contributed by atoms with Crippen molar-refractivity contribution in [3.8, 4) is 11.6 Å². The van der Waals surface area contributed by atoms with Crippen molar-refractivity contribution in [2.24, 2.45) is 0 Å². The zero-order chi connectivity index (χ0) is 29.9. The van der Waals surface area contributed by atoms with Gasteiger partial charge in [-0.1, -0.05) is 24.3 Å². The molecule has 1 fully saturated rings. The minimum atomic E-state index is -6.04. The molecule has 0 aliphatic carbocycles. The minimum absolute atomic E-state index is 0.153. The van der Waals surface area contributed by atoms with Crippen LogP contribution in [0.15, 0.2) is 48.5 Å². The first-order valence-electron chi connectivity index (χ1n) is 12.2. The Morgan fingerprint density at radius 3 is 2.44 bits per heavy atom. The van der Waals surface area contributed by atoms with Gasteiger partial charge in [-0.25, -0.2) is 18.3 Å². The van der Waals surface area contributed by atoms with Gasteiger partial charge in [0, 0.05) is 32.7 Å². The van der Waals surface area contributed by atoms with Gasteiger partial charge in [-0.2, -0.15) is 21.6 Å². The number of nitrogens with one attached hydrogen (secondary N) is 2. The molecule has 0 bridgehead atoms. The summed E-state index contributed by atoms with van der Waals surface area (Å²) in [5.41, 5.74) is -5.15. The lowest BCUT2D eigenvalue weighted by Gasteiger charge is -2.21. The van der Waals surface area contributed by atoms with Crippen LogP contribution in [-0.2, 0) is 14.9 Å². The molecule has 0 saturated carbocycles. The fourth-order valence-electron chi connectivity index (χ4n) is 4.44. The third kappa shape index (κ3) is 6.77. The molecule has 41 heavy (non-hydrogen) atoms. The van der Waals surface area contributed by atoms with Crippen LogP contribution in [0.5, 0.6) is 5.88 Å². The van der Waals surface area contributed by atoms with E-state index in [1.807, 2.05) is 4.90 Å². The number of aromatic nitrogens is 2. The van der Waals surface area contributed by atoms with Crippen LogP contribution >= 0.6 is 0 Å². The number of anilines is 1. The smallest absolute Gasteiger partial charge is 0.383 e. The Morgan fingerprint density at radius 2 is 1.80 bits per heavy atom. The second-order valence-electron chi connectivity index (χ2n) is 9.25. The number of carbonyl (C=O) groups excluding carboxylic acids is 1. The van der Waals surface area contributed by atoms with Crippen molar-refractivity contribution in [1.82, 2.24) is 20.0 Å². The standard InChI is InChI=1S/C25H26F5N5O5S/c1-15-22(35(17-6-4-3-5-7-17)33-23(15)40-41(37,38)25(28,29)30)32-24(36)31-21-14-34(10-11-39-2)13-18(21)16-8-9-19(26)20(27)12-16/h3-9,12,18,21H,10-11,13-14H2,1-2H3,(H2,31,32,36)/t18-,21+/m0/s1. The van der Waals surface area contributed by atoms with E-state index in [0.29, 0.717) is 31.8 Å². The minimum Gasteiger partial charge on any atom is -0.383 e. The van der Waals surface area contributed by atoms with Crippen molar-refractivity contribution in [2.45, 2.75) is 24.4 Å². The second kappa shape index (κ2) is 12.0. The van der Waals surface area contributed by atoms with E-state index in [4.69, 9.17) is 4.74 Å². The van der Waals surface area contributed by atoms with Crippen molar-refractivity contribution in [3.63, 3.8) is 0 Å². The van der Waals surface area contributed by atoms with Crippen LogP contribution in [0.1, 0.15) is 17.0 Å². The molecule has 16 heteroatoms. The van der Waals surface area contributed by atoms with Gasteiger partial charge in [0.2, 0.25) is 0 Å². The third-order valence-corrected chi connectivity index (χ3v) is 7.42. The lowest BCUT2D eigenvalue weighted by atomic mass is 9.94. The van der Waals surface area contributed by atoms with Gasteiger partial charge in [-0.15, -0.1) is 5.10 Å². The highest BCUT2D eigenvalue weighted by Gasteiger charge is 2.49. The van der Waals surface area contributed by atoms with Crippen LogP contribution in [0.4, 0.5) is 32.6 Å². The highest BCUT2D eigenvalue weighted by atomic mass is 32.2. The first-order chi connectivity index (χ1) is 19.3. The van der Waals surface area contributed by atoms with Gasteiger partial charge in [-0.3, -0.25) is 10.2 Å². The number of urea groups is 1. The van der Waals surface area contributed by atoms with Crippen LogP contribution in [0.3, 0.4) is 0 Å². The van der Waals surface area contributed by atoms with Gasteiger partial charge in [0.1, 0.15) is 5.82 Å². The van der Waals surface area contributed by atoms with E-state index < -0.39 is 51.1 Å². The van der Waals surface area contributed by atoms with Crippen LogP contribution in [0, 0.1) is 18.6 Å². The van der Waals surface area contributed by atoms with Crippen LogP contribution in [-0.4, -0.2) is 74.0 Å². The largest absolute Gasteiger partial charge is 0.534 e. The number of rotatable bonds is 9. The second-order valence-corrected chi connectivity index (χ2v) is 10.8. The van der Waals surface area contributed by atoms with Gasteiger partial charge in [0.25, 0.3) is 5.88 Å². The molecular formula is C25H26F5N5O5S. The van der Waals surface area contributed by atoms with E-state index in [1.54, 1.807) is 18.2 Å². The molecule has 0 spiro atoms. The predicted octanol–water partition coefficient (Wildman–Crippen LogP) is 3.92. The Hall–Kier alpha value is -3.76. The Kier molecular flexibility index (Phi) is 8.84. The predicted molar refractivity (Wildman–Crippen MR) is 137 cm³/mol. The number of carbonyl (C=O) groups is 1. The molecule has 2 amide bonds. The van der Waals surface area contributed by atoms with Gasteiger partial charge < -0.3 is 14.2 Å². The quantitative estimate of drug-likeness (QED) is 0.217. The number of amides is 2. The lowest BCUT2D eigenvalue weighted by molar-refractivity contribution is -0.0501. The normalized spacial score (nSPS) is 17.9. The number of hydrogen-bond acceptors (Lipinski definition) is 7. The Morgan fingerprint density at radius 1 is 1.10 bits per heavy atom. The number of nitrogens with zero attached hydrogens (tertiary/aromatic N) is 3. The van der Waals surface area contributed by atoms with Crippen molar-refractivity contribution in [3.05, 3.63) is 71.3 Å². The van der Waals surface area contributed by atoms with Crippen LogP contribution in [0.25, 0.3) is 5.69 Å². The summed E-state index contributed by atoms with van der Waals surface area (Å²) in [5, 5.41) is 9.16. The number of benzene rings is 2. The molecule has 2 aromatic carbocycles. The average Bonchev–Trinajstić information content (AvgIpc) is 3.44. The molecule has 2 N–H and O–H groups in total. The summed E-state index contributed by atoms with van der Waals surface area (Å²) in [6.07, 6.45) is 0. The van der Waals surface area contributed by atoms with E-state index in [9.17, 15) is 35.2 Å². The summed E-state index contributed by atoms with van der Waals surface area (Å²) in [4.78, 5) is 15.2. The molecule has 222 valence electrons.